The van der Waals surface area contributed by atoms with Gasteiger partial charge in [-0.2, -0.15) is 0 Å². The molecule has 20 atom stereocenters. The Morgan fingerprint density at radius 1 is 0.595 bits per heavy atom. The maximum absolute atomic E-state index is 13.0. The Balaban J connectivity index is 0.000000170. The molecule has 6 aromatic rings. The molecule has 45 nitrogen and oxygen atoms in total. The Morgan fingerprint density at radius 3 is 1.52 bits per heavy atom. The van der Waals surface area contributed by atoms with Gasteiger partial charge in [0.1, 0.15) is 109 Å². The third kappa shape index (κ3) is 19.4. The summed E-state index contributed by atoms with van der Waals surface area (Å²) in [5, 5.41) is 99.5. The Kier molecular flexibility index (Phi) is 30.2. The summed E-state index contributed by atoms with van der Waals surface area (Å²) in [6.45, 7) is 11.5. The largest absolute Gasteiger partial charge is 0.394 e. The van der Waals surface area contributed by atoms with Crippen molar-refractivity contribution in [1.82, 2.24) is 90.0 Å². The molecule has 12 rings (SSSR count). The fourth-order valence-electron chi connectivity index (χ4n) is 13.1. The average Bonchev–Trinajstić information content (AvgIpc) is 1.64. The summed E-state index contributed by atoms with van der Waals surface area (Å²) in [4.78, 5) is 122. The average molecular weight is 1570 g/mol. The minimum absolute atomic E-state index is 0.0988. The van der Waals surface area contributed by atoms with E-state index >= 15 is 0 Å². The fraction of sp³-hybridized carbons (Fsp3) is 0.621. The number of Topliss-reactive ketones (excluding diaryl/α,β-unsaturated/α-hetero) is 1. The molecule has 6 aliphatic heterocycles. The molecule has 0 bridgehead atoms. The van der Waals surface area contributed by atoms with Crippen LogP contribution in [0.25, 0.3) is 22.3 Å². The van der Waals surface area contributed by atoms with Gasteiger partial charge in [0.15, 0.2) is 70.5 Å². The topological polar surface area (TPSA) is 663 Å². The van der Waals surface area contributed by atoms with Gasteiger partial charge in [0.05, 0.1) is 82.6 Å². The highest BCUT2D eigenvalue weighted by Crippen LogP contribution is 2.38. The summed E-state index contributed by atoms with van der Waals surface area (Å²) >= 11 is 0. The predicted molar refractivity (Wildman–Crippen MR) is 388 cm³/mol. The van der Waals surface area contributed by atoms with Gasteiger partial charge in [-0.1, -0.05) is 60.0 Å². The minimum Gasteiger partial charge on any atom is -0.394 e. The van der Waals surface area contributed by atoms with Crippen LogP contribution in [-0.4, -0.2) is 285 Å². The van der Waals surface area contributed by atoms with Gasteiger partial charge in [0.25, 0.3) is 11.5 Å². The zero-order valence-electron chi connectivity index (χ0n) is 61.9. The maximum atomic E-state index is 13.0. The molecule has 610 valence electrons. The molecular formula is C66H100N24O21. The lowest BCUT2D eigenvalue weighted by molar-refractivity contribution is -0.127. The van der Waals surface area contributed by atoms with Gasteiger partial charge in [-0.15, -0.1) is 0 Å². The number of aryl methyl sites for hydroxylation is 1. The SMILES string of the molecule is C=C1NC(=O)c2ncn([C@@H]3O[C@H](CO)C(O)[C@@H]3NC(=O)C(N)CCC)c2N1.CCCC(N)C(=O)N[C@H]1C(O)[C@@H](CO)O[C@H]1n1cnc2c(=O)[nH]c(C)nc21.CCCC(N)C(=O)N[C@H]1C(O)[C@@H](CO)O[C@H]1n1cnc2c1N=CCC2=O.CCCC(NCOCOC)C(=O)N[C@H]1C(O)[C@@H](CO)O[C@H]1n1cnc2c(N)ncnc21. The number of nitrogens with zero attached hydrogens (tertiary/aromatic N) is 12. The summed E-state index contributed by atoms with van der Waals surface area (Å²) in [5.74, 6) is -0.761. The monoisotopic (exact) mass is 1560 g/mol. The van der Waals surface area contributed by atoms with Crippen LogP contribution >= 0.6 is 0 Å². The van der Waals surface area contributed by atoms with Crippen molar-refractivity contribution in [2.45, 2.75) is 214 Å². The maximum Gasteiger partial charge on any atom is 0.279 e. The molecule has 0 saturated carbocycles. The number of nitrogens with one attached hydrogen (secondary N) is 8. The van der Waals surface area contributed by atoms with E-state index in [-0.39, 0.29) is 65.8 Å². The van der Waals surface area contributed by atoms with Crippen LogP contribution in [-0.2, 0) is 47.6 Å². The third-order valence-corrected chi connectivity index (χ3v) is 18.9. The van der Waals surface area contributed by atoms with E-state index in [4.69, 9.17) is 51.4 Å². The number of ketones is 1. The number of aromatic amines is 1. The number of methoxy groups -OCH3 is 1. The summed E-state index contributed by atoms with van der Waals surface area (Å²) in [6.07, 6.45) is 1.69. The van der Waals surface area contributed by atoms with Gasteiger partial charge >= 0.3 is 0 Å². The van der Waals surface area contributed by atoms with Gasteiger partial charge in [-0.05, 0) is 32.6 Å². The van der Waals surface area contributed by atoms with Crippen LogP contribution in [0.5, 0.6) is 0 Å². The van der Waals surface area contributed by atoms with E-state index in [1.54, 1.807) is 11.5 Å². The van der Waals surface area contributed by atoms with Crippen molar-refractivity contribution in [1.29, 1.82) is 0 Å². The Labute approximate surface area is 633 Å². The lowest BCUT2D eigenvalue weighted by atomic mass is 10.1. The van der Waals surface area contributed by atoms with Crippen molar-refractivity contribution in [3.8, 4) is 0 Å². The van der Waals surface area contributed by atoms with Crippen LogP contribution in [0, 0.1) is 6.92 Å². The predicted octanol–water partition coefficient (Wildman–Crippen LogP) is -5.82. The van der Waals surface area contributed by atoms with E-state index in [0.717, 1.165) is 25.7 Å². The number of imidazole rings is 4. The Hall–Kier alpha value is -9.37. The second-order valence-electron chi connectivity index (χ2n) is 26.8. The first-order valence-electron chi connectivity index (χ1n) is 36.1. The number of carbonyl (C=O) groups is 6. The second kappa shape index (κ2) is 39.2. The molecule has 8 unspecified atom stereocenters. The summed E-state index contributed by atoms with van der Waals surface area (Å²) < 4.78 is 39.0. The number of aliphatic hydroxyl groups excluding tert-OH is 8. The lowest BCUT2D eigenvalue weighted by Gasteiger charge is -2.27. The third-order valence-electron chi connectivity index (χ3n) is 18.9. The summed E-state index contributed by atoms with van der Waals surface area (Å²) in [6, 6.07) is -6.23. The normalized spacial score (nSPS) is 26.9. The van der Waals surface area contributed by atoms with Gasteiger partial charge in [-0.3, -0.25) is 57.1 Å². The van der Waals surface area contributed by atoms with Crippen LogP contribution in [0.4, 0.5) is 17.5 Å². The van der Waals surface area contributed by atoms with E-state index in [2.05, 4.69) is 88.7 Å². The van der Waals surface area contributed by atoms with Crippen LogP contribution in [0.3, 0.4) is 0 Å². The number of aliphatic imine (C=N–C) groups is 1. The number of ether oxygens (including phenoxy) is 6. The number of H-pyrrole nitrogens is 1. The van der Waals surface area contributed by atoms with E-state index in [9.17, 15) is 74.4 Å². The second-order valence-corrected chi connectivity index (χ2v) is 26.8. The lowest BCUT2D eigenvalue weighted by Crippen LogP contribution is -2.53. The van der Waals surface area contributed by atoms with E-state index in [0.29, 0.717) is 54.3 Å². The molecule has 12 heterocycles. The molecule has 6 aliphatic rings. The smallest absolute Gasteiger partial charge is 0.279 e. The number of nitrogen functional groups attached to an aromatic ring is 1. The molecule has 0 aliphatic carbocycles. The van der Waals surface area contributed by atoms with E-state index < -0.39 is 178 Å². The number of carbonyl (C=O) groups excluding carboxylic acids is 6. The van der Waals surface area contributed by atoms with E-state index in [1.807, 2.05) is 27.7 Å². The zero-order chi connectivity index (χ0) is 80.7. The molecule has 0 aromatic carbocycles. The van der Waals surface area contributed by atoms with Crippen molar-refractivity contribution >= 4 is 81.3 Å². The zero-order valence-corrected chi connectivity index (χ0v) is 61.9. The molecule has 24 N–H and O–H groups in total. The Morgan fingerprint density at radius 2 is 1.04 bits per heavy atom. The summed E-state index contributed by atoms with van der Waals surface area (Å²) in [5.41, 5.74) is 24.5. The molecule has 0 radical (unpaired) electrons. The van der Waals surface area contributed by atoms with Crippen molar-refractivity contribution in [2.24, 2.45) is 22.2 Å². The molecule has 111 heavy (non-hydrogen) atoms. The van der Waals surface area contributed by atoms with Crippen molar-refractivity contribution in [3.63, 3.8) is 0 Å². The standard InChI is InChI=1S/C18H29N7O6.2C16H24N6O5.C16H23N5O5/c1-3-4-10(23-8-30-9-29-2)17(28)24-12-14(27)11(5-26)31-18(12)25-7-22-13-15(19)20-6-21-16(13)25;2*1-3-4-8(17)14(25)21-10-12(24)9(5-23)27-16(10)22-6-18-11-13(22)19-7(2)20-15(11)26;1-2-3-8(17)15(25)20-12-13(24)10(6-22)26-16(12)21-7-19-11-9(23)4-5-18-14(11)21/h6-7,10-12,14,18,23,26-27H,3-5,8-9H2,1-2H3,(H,24,28)(H2,19,20,21);6,8-10,12,16,23-24H,3-5,17H2,1-2H3,(H,21,25)(H,19,20,26);6,8-10,12,16,19,23-24H,2-5,17H2,1H3,(H,20,26)(H,21,25);5,7-8,10,12-13,16,22,24H,2-4,6,17H2,1H3,(H,20,25)/t10?,11-,12+,14?,18-;2*8?,9-,10+,12?,16-;8?,10-,12+,13?,16-/m1111/s1. The molecule has 0 spiro atoms. The van der Waals surface area contributed by atoms with Gasteiger partial charge in [0.2, 0.25) is 23.6 Å². The van der Waals surface area contributed by atoms with Gasteiger partial charge < -0.3 is 129 Å². The minimum atomic E-state index is -1.17. The van der Waals surface area contributed by atoms with Crippen LogP contribution in [0.2, 0.25) is 0 Å². The van der Waals surface area contributed by atoms with E-state index in [1.165, 1.54) is 58.7 Å². The number of hydrogen-bond acceptors (Lipinski definition) is 35. The first-order chi connectivity index (χ1) is 53.2. The fourth-order valence-corrected chi connectivity index (χ4v) is 13.1. The first kappa shape index (κ1) is 85.6. The number of aliphatic hydroxyl groups is 8. The highest BCUT2D eigenvalue weighted by atomic mass is 16.7. The molecular weight excluding hydrogens is 1460 g/mol. The molecule has 4 fully saturated rings. The number of nitrogens with two attached hydrogens (primary N) is 4. The van der Waals surface area contributed by atoms with Crippen molar-refractivity contribution < 1.29 is 98.0 Å². The highest BCUT2D eigenvalue weighted by Gasteiger charge is 2.51. The Bertz CT molecular complexity index is 4270. The van der Waals surface area contributed by atoms with Crippen molar-refractivity contribution in [2.75, 3.05) is 58.1 Å². The molecule has 4 saturated heterocycles. The quantitative estimate of drug-likeness (QED) is 0.0154. The highest BCUT2D eigenvalue weighted by molar-refractivity contribution is 6.08. The van der Waals surface area contributed by atoms with Crippen LogP contribution in [0.1, 0.15) is 137 Å². The number of hydrogen-bond donors (Lipinski definition) is 20. The first-order valence-corrected chi connectivity index (χ1v) is 36.1. The van der Waals surface area contributed by atoms with Gasteiger partial charge in [0, 0.05) is 19.7 Å². The molecule has 5 amide bonds. The van der Waals surface area contributed by atoms with Gasteiger partial charge in [-0.25, -0.2) is 39.9 Å². The number of rotatable bonds is 29. The molecule has 6 aromatic heterocycles. The number of anilines is 2. The van der Waals surface area contributed by atoms with Crippen molar-refractivity contribution in [3.05, 3.63) is 71.6 Å². The number of amides is 5. The molecule has 45 heteroatoms. The number of fused-ring (bicyclic) bond motifs is 4. The number of aromatic nitrogens is 12. The summed E-state index contributed by atoms with van der Waals surface area (Å²) in [7, 11) is 1.51. The van der Waals surface area contributed by atoms with Crippen LogP contribution in [0.15, 0.2) is 53.8 Å². The van der Waals surface area contributed by atoms with Crippen LogP contribution < -0.4 is 65.7 Å².